The lowest BCUT2D eigenvalue weighted by atomic mass is 9.97. The highest BCUT2D eigenvalue weighted by Gasteiger charge is 2.26. The number of rotatable bonds is 6. The van der Waals surface area contributed by atoms with E-state index in [1.807, 2.05) is 35.2 Å². The van der Waals surface area contributed by atoms with Crippen LogP contribution in [0.3, 0.4) is 0 Å². The van der Waals surface area contributed by atoms with Gasteiger partial charge >= 0.3 is 0 Å². The first-order chi connectivity index (χ1) is 11.3. The number of nitrogens with one attached hydrogen (secondary N) is 1. The van der Waals surface area contributed by atoms with E-state index in [0.717, 1.165) is 12.1 Å². The largest absolute Gasteiger partial charge is 0.378 e. The molecule has 1 amide bonds. The molecule has 4 nitrogen and oxygen atoms in total. The number of carbonyl (C=O) groups is 1. The third-order valence-corrected chi connectivity index (χ3v) is 4.81. The van der Waals surface area contributed by atoms with Crippen LogP contribution in [0.5, 0.6) is 0 Å². The second-order valence-corrected chi connectivity index (χ2v) is 6.44. The molecule has 0 bridgehead atoms. The molecule has 3 rings (SSSR count). The Bertz CT molecular complexity index is 595. The second kappa shape index (κ2) is 8.24. The monoisotopic (exact) mass is 330 g/mol. The third kappa shape index (κ3) is 4.41. The van der Waals surface area contributed by atoms with Crippen LogP contribution in [-0.2, 0) is 16.1 Å². The van der Waals surface area contributed by atoms with Crippen LogP contribution >= 0.6 is 11.3 Å². The fraction of sp³-hybridized carbons (Fsp3) is 0.389. The summed E-state index contributed by atoms with van der Waals surface area (Å²) >= 11 is 1.69. The van der Waals surface area contributed by atoms with Gasteiger partial charge in [0.25, 0.3) is 0 Å². The van der Waals surface area contributed by atoms with E-state index in [1.54, 1.807) is 11.3 Å². The summed E-state index contributed by atoms with van der Waals surface area (Å²) in [6.45, 7) is 4.09. The maximum absolute atomic E-state index is 12.9. The predicted molar refractivity (Wildman–Crippen MR) is 92.6 cm³/mol. The van der Waals surface area contributed by atoms with Crippen LogP contribution < -0.4 is 5.32 Å². The molecule has 1 aromatic heterocycles. The Balaban J connectivity index is 1.67. The van der Waals surface area contributed by atoms with Crippen molar-refractivity contribution in [2.24, 2.45) is 0 Å². The number of amides is 1. The highest BCUT2D eigenvalue weighted by molar-refractivity contribution is 7.07. The molecule has 1 N–H and O–H groups in total. The van der Waals surface area contributed by atoms with Gasteiger partial charge in [0.2, 0.25) is 5.91 Å². The van der Waals surface area contributed by atoms with E-state index >= 15 is 0 Å². The standard InChI is InChI=1S/C18H22N2O2S/c21-18(20-7-9-22-10-8-20)17(16-4-2-1-3-5-16)13-19-12-15-6-11-23-14-15/h1-6,11,14,17,19H,7-10,12-13H2/t17-/m1/s1. The minimum Gasteiger partial charge on any atom is -0.378 e. The molecule has 1 aliphatic heterocycles. The molecule has 1 fully saturated rings. The van der Waals surface area contributed by atoms with E-state index in [2.05, 4.69) is 22.1 Å². The topological polar surface area (TPSA) is 41.6 Å². The third-order valence-electron chi connectivity index (χ3n) is 4.08. The van der Waals surface area contributed by atoms with Gasteiger partial charge in [-0.1, -0.05) is 30.3 Å². The van der Waals surface area contributed by atoms with Crippen LogP contribution in [0.4, 0.5) is 0 Å². The summed E-state index contributed by atoms with van der Waals surface area (Å²) in [5.74, 6) is 0.0465. The summed E-state index contributed by atoms with van der Waals surface area (Å²) in [7, 11) is 0. The fourth-order valence-corrected chi connectivity index (χ4v) is 3.46. The van der Waals surface area contributed by atoms with Crippen LogP contribution in [0.15, 0.2) is 47.2 Å². The summed E-state index contributed by atoms with van der Waals surface area (Å²) in [5.41, 5.74) is 2.34. The number of hydrogen-bond acceptors (Lipinski definition) is 4. The van der Waals surface area contributed by atoms with Gasteiger partial charge in [-0.3, -0.25) is 4.79 Å². The summed E-state index contributed by atoms with van der Waals surface area (Å²) in [5, 5.41) is 7.64. The zero-order valence-corrected chi connectivity index (χ0v) is 13.9. The molecule has 122 valence electrons. The van der Waals surface area contributed by atoms with Crippen molar-refractivity contribution in [3.63, 3.8) is 0 Å². The molecule has 0 spiro atoms. The fourth-order valence-electron chi connectivity index (χ4n) is 2.79. The van der Waals surface area contributed by atoms with Gasteiger partial charge in [0, 0.05) is 26.2 Å². The van der Waals surface area contributed by atoms with Crippen molar-refractivity contribution in [3.8, 4) is 0 Å². The van der Waals surface area contributed by atoms with Crippen molar-refractivity contribution >= 4 is 17.2 Å². The van der Waals surface area contributed by atoms with Crippen LogP contribution in [-0.4, -0.2) is 43.7 Å². The van der Waals surface area contributed by atoms with Crippen LogP contribution in [0.2, 0.25) is 0 Å². The Kier molecular flexibility index (Phi) is 5.80. The van der Waals surface area contributed by atoms with Gasteiger partial charge in [-0.15, -0.1) is 0 Å². The molecule has 0 saturated carbocycles. The molecule has 2 heterocycles. The minimum absolute atomic E-state index is 0.145. The van der Waals surface area contributed by atoms with Gasteiger partial charge in [0.1, 0.15) is 0 Å². The van der Waals surface area contributed by atoms with E-state index in [1.165, 1.54) is 5.56 Å². The maximum Gasteiger partial charge on any atom is 0.231 e. The van der Waals surface area contributed by atoms with Crippen LogP contribution in [0, 0.1) is 0 Å². The molecule has 0 unspecified atom stereocenters. The SMILES string of the molecule is O=C([C@H](CNCc1ccsc1)c1ccccc1)N1CCOCC1. The van der Waals surface area contributed by atoms with Crippen molar-refractivity contribution in [1.29, 1.82) is 0 Å². The number of ether oxygens (including phenoxy) is 1. The van der Waals surface area contributed by atoms with Crippen molar-refractivity contribution in [1.82, 2.24) is 10.2 Å². The van der Waals surface area contributed by atoms with Gasteiger partial charge in [-0.05, 0) is 28.0 Å². The summed E-state index contributed by atoms with van der Waals surface area (Å²) in [4.78, 5) is 14.8. The van der Waals surface area contributed by atoms with Crippen molar-refractivity contribution in [3.05, 3.63) is 58.3 Å². The summed E-state index contributed by atoms with van der Waals surface area (Å²) in [6, 6.07) is 12.2. The summed E-state index contributed by atoms with van der Waals surface area (Å²) < 4.78 is 5.36. The average Bonchev–Trinajstić information content (AvgIpc) is 3.13. The van der Waals surface area contributed by atoms with Crippen molar-refractivity contribution in [2.45, 2.75) is 12.5 Å². The van der Waals surface area contributed by atoms with Gasteiger partial charge in [0.05, 0.1) is 19.1 Å². The molecule has 5 heteroatoms. The van der Waals surface area contributed by atoms with Crippen LogP contribution in [0.1, 0.15) is 17.0 Å². The smallest absolute Gasteiger partial charge is 0.231 e. The number of carbonyl (C=O) groups excluding carboxylic acids is 1. The number of thiophene rings is 1. The first-order valence-corrected chi connectivity index (χ1v) is 8.92. The molecular formula is C18H22N2O2S. The average molecular weight is 330 g/mol. The Labute approximate surface area is 141 Å². The number of hydrogen-bond donors (Lipinski definition) is 1. The molecule has 23 heavy (non-hydrogen) atoms. The molecule has 0 radical (unpaired) electrons. The predicted octanol–water partition coefficient (Wildman–Crippen LogP) is 2.48. The number of benzene rings is 1. The lowest BCUT2D eigenvalue weighted by molar-refractivity contribution is -0.136. The summed E-state index contributed by atoms with van der Waals surface area (Å²) in [6.07, 6.45) is 0. The zero-order chi connectivity index (χ0) is 15.9. The van der Waals surface area contributed by atoms with Gasteiger partial charge in [-0.25, -0.2) is 0 Å². The van der Waals surface area contributed by atoms with Crippen LogP contribution in [0.25, 0.3) is 0 Å². The number of nitrogens with zero attached hydrogens (tertiary/aromatic N) is 1. The Morgan fingerprint density at radius 2 is 2.00 bits per heavy atom. The molecule has 1 atom stereocenters. The minimum atomic E-state index is -0.145. The van der Waals surface area contributed by atoms with E-state index in [9.17, 15) is 4.79 Å². The van der Waals surface area contributed by atoms with Crippen molar-refractivity contribution < 1.29 is 9.53 Å². The highest BCUT2D eigenvalue weighted by Crippen LogP contribution is 2.19. The van der Waals surface area contributed by atoms with E-state index in [-0.39, 0.29) is 11.8 Å². The first kappa shape index (κ1) is 16.2. The lowest BCUT2D eigenvalue weighted by Crippen LogP contribution is -2.45. The Hall–Kier alpha value is -1.69. The van der Waals surface area contributed by atoms with Crippen molar-refractivity contribution in [2.75, 3.05) is 32.8 Å². The Morgan fingerprint density at radius 3 is 2.70 bits per heavy atom. The maximum atomic E-state index is 12.9. The van der Waals surface area contributed by atoms with Gasteiger partial charge < -0.3 is 15.0 Å². The molecular weight excluding hydrogens is 308 g/mol. The molecule has 1 aliphatic rings. The van der Waals surface area contributed by atoms with E-state index in [0.29, 0.717) is 32.8 Å². The highest BCUT2D eigenvalue weighted by atomic mass is 32.1. The van der Waals surface area contributed by atoms with Gasteiger partial charge in [0.15, 0.2) is 0 Å². The molecule has 2 aromatic rings. The lowest BCUT2D eigenvalue weighted by Gasteiger charge is -2.30. The quantitative estimate of drug-likeness (QED) is 0.885. The Morgan fingerprint density at radius 1 is 1.22 bits per heavy atom. The number of morpholine rings is 1. The molecule has 1 saturated heterocycles. The molecule has 1 aromatic carbocycles. The second-order valence-electron chi connectivity index (χ2n) is 5.66. The van der Waals surface area contributed by atoms with E-state index in [4.69, 9.17) is 4.74 Å². The zero-order valence-electron chi connectivity index (χ0n) is 13.1. The first-order valence-electron chi connectivity index (χ1n) is 7.98. The van der Waals surface area contributed by atoms with Gasteiger partial charge in [-0.2, -0.15) is 11.3 Å². The normalized spacial score (nSPS) is 16.3. The van der Waals surface area contributed by atoms with E-state index < -0.39 is 0 Å². The molecule has 0 aliphatic carbocycles.